The van der Waals surface area contributed by atoms with Gasteiger partial charge in [-0.05, 0) is 32.0 Å². The standard InChI is InChI=1S/C16H15BrN2O5/c1-3-23-16(22)11-8(2)24-15(12(11)13(18)20)19-14(21)9-5-4-6-10(17)7-9/h4-7H,3H2,1-2H3,(H2,18,20)(H,19,21). The van der Waals surface area contributed by atoms with E-state index in [4.69, 9.17) is 14.9 Å². The highest BCUT2D eigenvalue weighted by atomic mass is 79.9. The number of hydrogen-bond acceptors (Lipinski definition) is 5. The zero-order valence-electron chi connectivity index (χ0n) is 13.0. The maximum atomic E-state index is 12.3. The highest BCUT2D eigenvalue weighted by molar-refractivity contribution is 9.10. The molecule has 0 radical (unpaired) electrons. The fraction of sp³-hybridized carbons (Fsp3) is 0.188. The zero-order chi connectivity index (χ0) is 17.9. The summed E-state index contributed by atoms with van der Waals surface area (Å²) in [4.78, 5) is 36.0. The van der Waals surface area contributed by atoms with Gasteiger partial charge in [-0.25, -0.2) is 4.79 Å². The summed E-state index contributed by atoms with van der Waals surface area (Å²) < 4.78 is 11.0. The number of aryl methyl sites for hydroxylation is 1. The van der Waals surface area contributed by atoms with E-state index in [1.165, 1.54) is 6.92 Å². The number of ether oxygens (including phenoxy) is 1. The molecule has 24 heavy (non-hydrogen) atoms. The Hall–Kier alpha value is -2.61. The number of halogens is 1. The number of nitrogens with one attached hydrogen (secondary N) is 1. The third-order valence-electron chi connectivity index (χ3n) is 3.12. The molecular weight excluding hydrogens is 380 g/mol. The molecule has 0 saturated carbocycles. The van der Waals surface area contributed by atoms with Gasteiger partial charge < -0.3 is 14.9 Å². The van der Waals surface area contributed by atoms with Gasteiger partial charge in [0.05, 0.1) is 6.61 Å². The lowest BCUT2D eigenvalue weighted by Crippen LogP contribution is -2.20. The molecule has 0 spiro atoms. The third kappa shape index (κ3) is 3.65. The number of furan rings is 1. The van der Waals surface area contributed by atoms with Gasteiger partial charge in [0.1, 0.15) is 16.9 Å². The maximum Gasteiger partial charge on any atom is 0.342 e. The van der Waals surface area contributed by atoms with Crippen molar-refractivity contribution in [3.05, 3.63) is 51.2 Å². The fourth-order valence-electron chi connectivity index (χ4n) is 2.12. The second kappa shape index (κ2) is 7.31. The molecule has 0 bridgehead atoms. The minimum Gasteiger partial charge on any atom is -0.462 e. The highest BCUT2D eigenvalue weighted by Gasteiger charge is 2.29. The van der Waals surface area contributed by atoms with Gasteiger partial charge in [-0.1, -0.05) is 22.0 Å². The minimum absolute atomic E-state index is 0.0890. The van der Waals surface area contributed by atoms with Crippen molar-refractivity contribution >= 4 is 39.6 Å². The highest BCUT2D eigenvalue weighted by Crippen LogP contribution is 2.28. The van der Waals surface area contributed by atoms with Crippen LogP contribution >= 0.6 is 15.9 Å². The molecule has 1 aromatic carbocycles. The lowest BCUT2D eigenvalue weighted by Gasteiger charge is -2.05. The fourth-order valence-corrected chi connectivity index (χ4v) is 2.52. The number of carbonyl (C=O) groups is 3. The molecule has 1 aromatic heterocycles. The summed E-state index contributed by atoms with van der Waals surface area (Å²) in [5.74, 6) is -2.21. The lowest BCUT2D eigenvalue weighted by molar-refractivity contribution is 0.0521. The monoisotopic (exact) mass is 394 g/mol. The van der Waals surface area contributed by atoms with Crippen molar-refractivity contribution in [2.24, 2.45) is 5.73 Å². The molecule has 7 nitrogen and oxygen atoms in total. The molecule has 0 unspecified atom stereocenters. The van der Waals surface area contributed by atoms with E-state index in [1.54, 1.807) is 31.2 Å². The predicted octanol–water partition coefficient (Wildman–Crippen LogP) is 2.88. The number of nitrogens with two attached hydrogens (primary N) is 1. The molecular formula is C16H15BrN2O5. The molecule has 2 aromatic rings. The van der Waals surface area contributed by atoms with Crippen molar-refractivity contribution in [2.45, 2.75) is 13.8 Å². The van der Waals surface area contributed by atoms with Crippen LogP contribution in [0, 0.1) is 6.92 Å². The van der Waals surface area contributed by atoms with Crippen LogP contribution in [0.25, 0.3) is 0 Å². The number of primary amides is 1. The predicted molar refractivity (Wildman–Crippen MR) is 90.0 cm³/mol. The smallest absolute Gasteiger partial charge is 0.342 e. The summed E-state index contributed by atoms with van der Waals surface area (Å²) in [6.07, 6.45) is 0. The summed E-state index contributed by atoms with van der Waals surface area (Å²) >= 11 is 3.27. The van der Waals surface area contributed by atoms with Gasteiger partial charge in [0.25, 0.3) is 11.8 Å². The topological polar surface area (TPSA) is 112 Å². The van der Waals surface area contributed by atoms with E-state index in [0.717, 1.165) is 0 Å². The first kappa shape index (κ1) is 17.7. The first-order valence-corrected chi connectivity index (χ1v) is 7.81. The van der Waals surface area contributed by atoms with Crippen LogP contribution in [-0.4, -0.2) is 24.4 Å². The van der Waals surface area contributed by atoms with Crippen molar-refractivity contribution in [3.8, 4) is 0 Å². The van der Waals surface area contributed by atoms with Crippen LogP contribution in [0.1, 0.15) is 43.8 Å². The number of anilines is 1. The van der Waals surface area contributed by atoms with Gasteiger partial charge in [0.2, 0.25) is 5.88 Å². The van der Waals surface area contributed by atoms with Gasteiger partial charge in [-0.15, -0.1) is 0 Å². The second-order valence-electron chi connectivity index (χ2n) is 4.79. The van der Waals surface area contributed by atoms with Crippen molar-refractivity contribution in [2.75, 3.05) is 11.9 Å². The summed E-state index contributed by atoms with van der Waals surface area (Å²) in [5, 5.41) is 2.46. The maximum absolute atomic E-state index is 12.3. The van der Waals surface area contributed by atoms with Crippen molar-refractivity contribution in [3.63, 3.8) is 0 Å². The second-order valence-corrected chi connectivity index (χ2v) is 5.70. The molecule has 0 atom stereocenters. The summed E-state index contributed by atoms with van der Waals surface area (Å²) in [7, 11) is 0. The molecule has 0 aliphatic rings. The Balaban J connectivity index is 2.40. The quantitative estimate of drug-likeness (QED) is 0.757. The van der Waals surface area contributed by atoms with E-state index >= 15 is 0 Å². The Labute approximate surface area is 146 Å². The Morgan fingerprint density at radius 2 is 2.00 bits per heavy atom. The van der Waals surface area contributed by atoms with Crippen molar-refractivity contribution in [1.29, 1.82) is 0 Å². The van der Waals surface area contributed by atoms with E-state index in [-0.39, 0.29) is 29.4 Å². The first-order valence-electron chi connectivity index (χ1n) is 7.02. The summed E-state index contributed by atoms with van der Waals surface area (Å²) in [6.45, 7) is 3.24. The first-order chi connectivity index (χ1) is 11.3. The Morgan fingerprint density at radius 3 is 2.58 bits per heavy atom. The Morgan fingerprint density at radius 1 is 1.29 bits per heavy atom. The van der Waals surface area contributed by atoms with Gasteiger partial charge in [0.15, 0.2) is 0 Å². The minimum atomic E-state index is -0.903. The number of rotatable bonds is 5. The number of amides is 2. The number of carbonyl (C=O) groups excluding carboxylic acids is 3. The molecule has 0 fully saturated rings. The average Bonchev–Trinajstić information content (AvgIpc) is 2.83. The molecule has 126 valence electrons. The van der Waals surface area contributed by atoms with Crippen molar-refractivity contribution in [1.82, 2.24) is 0 Å². The lowest BCUT2D eigenvalue weighted by atomic mass is 10.1. The van der Waals surface area contributed by atoms with Crippen molar-refractivity contribution < 1.29 is 23.5 Å². The average molecular weight is 395 g/mol. The van der Waals surface area contributed by atoms with E-state index in [1.807, 2.05) is 0 Å². The molecule has 8 heteroatoms. The normalized spacial score (nSPS) is 10.3. The molecule has 0 aliphatic carbocycles. The van der Waals surface area contributed by atoms with E-state index in [9.17, 15) is 14.4 Å². The van der Waals surface area contributed by atoms with Crippen LogP contribution < -0.4 is 11.1 Å². The van der Waals surface area contributed by atoms with Gasteiger partial charge in [0, 0.05) is 10.0 Å². The third-order valence-corrected chi connectivity index (χ3v) is 3.62. The molecule has 3 N–H and O–H groups in total. The molecule has 2 amide bonds. The van der Waals surface area contributed by atoms with Crippen LogP contribution in [0.2, 0.25) is 0 Å². The number of esters is 1. The number of hydrogen-bond donors (Lipinski definition) is 2. The van der Waals surface area contributed by atoms with Gasteiger partial charge in [-0.2, -0.15) is 0 Å². The van der Waals surface area contributed by atoms with Crippen LogP contribution in [-0.2, 0) is 4.74 Å². The molecule has 0 saturated heterocycles. The van der Waals surface area contributed by atoms with E-state index in [0.29, 0.717) is 10.0 Å². The molecule has 2 rings (SSSR count). The Kier molecular flexibility index (Phi) is 5.40. The van der Waals surface area contributed by atoms with Crippen LogP contribution in [0.5, 0.6) is 0 Å². The summed E-state index contributed by atoms with van der Waals surface area (Å²) in [5.41, 5.74) is 5.37. The summed E-state index contributed by atoms with van der Waals surface area (Å²) in [6, 6.07) is 6.64. The van der Waals surface area contributed by atoms with Gasteiger partial charge >= 0.3 is 5.97 Å². The largest absolute Gasteiger partial charge is 0.462 e. The zero-order valence-corrected chi connectivity index (χ0v) is 14.6. The van der Waals surface area contributed by atoms with Crippen LogP contribution in [0.4, 0.5) is 5.88 Å². The van der Waals surface area contributed by atoms with E-state index in [2.05, 4.69) is 21.2 Å². The van der Waals surface area contributed by atoms with Crippen LogP contribution in [0.15, 0.2) is 33.2 Å². The van der Waals surface area contributed by atoms with Gasteiger partial charge in [-0.3, -0.25) is 14.9 Å². The van der Waals surface area contributed by atoms with E-state index < -0.39 is 17.8 Å². The van der Waals surface area contributed by atoms with Crippen LogP contribution in [0.3, 0.4) is 0 Å². The Bertz CT molecular complexity index is 813. The SMILES string of the molecule is CCOC(=O)c1c(C)oc(NC(=O)c2cccc(Br)c2)c1C(N)=O. The molecule has 1 heterocycles. The number of benzene rings is 1. The molecule has 0 aliphatic heterocycles.